The van der Waals surface area contributed by atoms with Crippen LogP contribution in [0.3, 0.4) is 0 Å². The molecule has 1 aromatic rings. The van der Waals surface area contributed by atoms with Crippen LogP contribution in [0.1, 0.15) is 37.5 Å². The number of rotatable bonds is 3. The number of nitrogens with one attached hydrogen (secondary N) is 1. The van der Waals surface area contributed by atoms with Gasteiger partial charge in [0.1, 0.15) is 12.2 Å². The van der Waals surface area contributed by atoms with Gasteiger partial charge in [0.2, 0.25) is 5.92 Å². The molecule has 1 aromatic heterocycles. The van der Waals surface area contributed by atoms with Crippen molar-refractivity contribution in [1.29, 1.82) is 0 Å². The molecule has 1 aliphatic carbocycles. The van der Waals surface area contributed by atoms with Gasteiger partial charge in [-0.05, 0) is 18.8 Å². The molecule has 3 rings (SSSR count). The SMILES string of the molecule is FC1(F)CCC(CN2CCOCC2c2ncn[nH]2)CC1. The van der Waals surface area contributed by atoms with E-state index in [0.717, 1.165) is 18.9 Å². The fourth-order valence-electron chi connectivity index (χ4n) is 3.10. The first-order valence-electron chi connectivity index (χ1n) is 7.19. The van der Waals surface area contributed by atoms with Gasteiger partial charge in [0, 0.05) is 25.9 Å². The molecule has 0 aromatic carbocycles. The van der Waals surface area contributed by atoms with Gasteiger partial charge in [0.15, 0.2) is 0 Å². The third kappa shape index (κ3) is 3.15. The second-order valence-electron chi connectivity index (χ2n) is 5.76. The van der Waals surface area contributed by atoms with Crippen LogP contribution in [0.5, 0.6) is 0 Å². The molecule has 1 unspecified atom stereocenters. The van der Waals surface area contributed by atoms with Gasteiger partial charge in [0.05, 0.1) is 19.3 Å². The summed E-state index contributed by atoms with van der Waals surface area (Å²) in [7, 11) is 0. The number of hydrogen-bond donors (Lipinski definition) is 1. The minimum Gasteiger partial charge on any atom is -0.378 e. The van der Waals surface area contributed by atoms with Gasteiger partial charge >= 0.3 is 0 Å². The van der Waals surface area contributed by atoms with E-state index in [1.807, 2.05) is 0 Å². The van der Waals surface area contributed by atoms with Gasteiger partial charge in [-0.2, -0.15) is 5.10 Å². The molecule has 1 aliphatic heterocycles. The normalized spacial score (nSPS) is 28.6. The molecule has 0 amide bonds. The molecule has 20 heavy (non-hydrogen) atoms. The first-order chi connectivity index (χ1) is 9.64. The van der Waals surface area contributed by atoms with E-state index in [-0.39, 0.29) is 18.9 Å². The summed E-state index contributed by atoms with van der Waals surface area (Å²) >= 11 is 0. The van der Waals surface area contributed by atoms with E-state index in [2.05, 4.69) is 20.1 Å². The molecule has 7 heteroatoms. The average molecular weight is 286 g/mol. The van der Waals surface area contributed by atoms with Crippen LogP contribution in [-0.2, 0) is 4.74 Å². The lowest BCUT2D eigenvalue weighted by atomic mass is 9.86. The van der Waals surface area contributed by atoms with Crippen LogP contribution in [0.25, 0.3) is 0 Å². The quantitative estimate of drug-likeness (QED) is 0.923. The Morgan fingerprint density at radius 1 is 1.40 bits per heavy atom. The fraction of sp³-hybridized carbons (Fsp3) is 0.846. The van der Waals surface area contributed by atoms with E-state index in [0.29, 0.717) is 32.0 Å². The highest BCUT2D eigenvalue weighted by atomic mass is 19.3. The highest BCUT2D eigenvalue weighted by Crippen LogP contribution is 2.37. The Hall–Kier alpha value is -1.08. The minimum atomic E-state index is -2.45. The van der Waals surface area contributed by atoms with Crippen molar-refractivity contribution < 1.29 is 13.5 Å². The molecule has 5 nitrogen and oxygen atoms in total. The van der Waals surface area contributed by atoms with E-state index >= 15 is 0 Å². The summed E-state index contributed by atoms with van der Waals surface area (Å²) in [5.41, 5.74) is 0. The van der Waals surface area contributed by atoms with E-state index < -0.39 is 5.92 Å². The third-order valence-electron chi connectivity index (χ3n) is 4.32. The van der Waals surface area contributed by atoms with Gasteiger partial charge in [-0.1, -0.05) is 0 Å². The zero-order valence-corrected chi connectivity index (χ0v) is 11.4. The summed E-state index contributed by atoms with van der Waals surface area (Å²) < 4.78 is 31.9. The summed E-state index contributed by atoms with van der Waals surface area (Å²) in [6.45, 7) is 2.93. The van der Waals surface area contributed by atoms with Crippen LogP contribution in [0, 0.1) is 5.92 Å². The van der Waals surface area contributed by atoms with E-state index in [1.54, 1.807) is 0 Å². The van der Waals surface area contributed by atoms with Crippen LogP contribution < -0.4 is 0 Å². The van der Waals surface area contributed by atoms with Crippen LogP contribution in [0.4, 0.5) is 8.78 Å². The summed E-state index contributed by atoms with van der Waals surface area (Å²) in [6, 6.07) is 0.0636. The van der Waals surface area contributed by atoms with E-state index in [9.17, 15) is 8.78 Å². The zero-order valence-electron chi connectivity index (χ0n) is 11.4. The summed E-state index contributed by atoms with van der Waals surface area (Å²) in [6.07, 6.45) is 2.74. The molecule has 1 saturated heterocycles. The molecule has 112 valence electrons. The van der Waals surface area contributed by atoms with Crippen molar-refractivity contribution in [2.45, 2.75) is 37.6 Å². The highest BCUT2D eigenvalue weighted by molar-refractivity contribution is 4.95. The summed E-state index contributed by atoms with van der Waals surface area (Å²) in [4.78, 5) is 6.49. The molecule has 0 spiro atoms. The van der Waals surface area contributed by atoms with Gasteiger partial charge in [-0.25, -0.2) is 13.8 Å². The molecule has 2 aliphatic rings. The lowest BCUT2D eigenvalue weighted by Crippen LogP contribution is -2.43. The Labute approximate surface area is 116 Å². The number of H-pyrrole nitrogens is 1. The standard InChI is InChI=1S/C13H20F2N4O/c14-13(15)3-1-10(2-4-13)7-19-5-6-20-8-11(19)12-16-9-17-18-12/h9-11H,1-8H2,(H,16,17,18). The Bertz CT molecular complexity index is 416. The number of ether oxygens (including phenoxy) is 1. The van der Waals surface area contributed by atoms with Crippen molar-refractivity contribution in [3.63, 3.8) is 0 Å². The van der Waals surface area contributed by atoms with Crippen LogP contribution in [0.2, 0.25) is 0 Å². The number of halogens is 2. The van der Waals surface area contributed by atoms with Gasteiger partial charge in [0.25, 0.3) is 0 Å². The smallest absolute Gasteiger partial charge is 0.248 e. The van der Waals surface area contributed by atoms with Crippen LogP contribution in [0.15, 0.2) is 6.33 Å². The van der Waals surface area contributed by atoms with Gasteiger partial charge < -0.3 is 4.74 Å². The highest BCUT2D eigenvalue weighted by Gasteiger charge is 2.37. The molecular formula is C13H20F2N4O. The predicted molar refractivity (Wildman–Crippen MR) is 68.4 cm³/mol. The molecule has 1 saturated carbocycles. The molecule has 1 atom stereocenters. The largest absolute Gasteiger partial charge is 0.378 e. The maximum Gasteiger partial charge on any atom is 0.248 e. The average Bonchev–Trinajstić information content (AvgIpc) is 2.96. The third-order valence-corrected chi connectivity index (χ3v) is 4.32. The number of hydrogen-bond acceptors (Lipinski definition) is 4. The molecule has 0 radical (unpaired) electrons. The van der Waals surface area contributed by atoms with Crippen molar-refractivity contribution >= 4 is 0 Å². The number of morpholine rings is 1. The van der Waals surface area contributed by atoms with Crippen molar-refractivity contribution in [1.82, 2.24) is 20.1 Å². The maximum atomic E-state index is 13.2. The number of aromatic nitrogens is 3. The van der Waals surface area contributed by atoms with Crippen molar-refractivity contribution in [2.75, 3.05) is 26.3 Å². The molecule has 2 heterocycles. The monoisotopic (exact) mass is 286 g/mol. The predicted octanol–water partition coefficient (Wildman–Crippen LogP) is 2.00. The van der Waals surface area contributed by atoms with Gasteiger partial charge in [-0.15, -0.1) is 0 Å². The zero-order chi connectivity index (χ0) is 14.0. The minimum absolute atomic E-state index is 0.0228. The number of aromatic amines is 1. The Morgan fingerprint density at radius 3 is 2.90 bits per heavy atom. The molecular weight excluding hydrogens is 266 g/mol. The first kappa shape index (κ1) is 13.9. The lowest BCUT2D eigenvalue weighted by molar-refractivity contribution is -0.0604. The maximum absolute atomic E-state index is 13.2. The second kappa shape index (κ2) is 5.73. The number of nitrogens with zero attached hydrogens (tertiary/aromatic N) is 3. The topological polar surface area (TPSA) is 54.0 Å². The van der Waals surface area contributed by atoms with Gasteiger partial charge in [-0.3, -0.25) is 10.00 Å². The molecule has 2 fully saturated rings. The fourth-order valence-corrected chi connectivity index (χ4v) is 3.10. The summed E-state index contributed by atoms with van der Waals surface area (Å²) in [5.74, 6) is -1.31. The van der Waals surface area contributed by atoms with Crippen molar-refractivity contribution in [3.8, 4) is 0 Å². The van der Waals surface area contributed by atoms with E-state index in [1.165, 1.54) is 6.33 Å². The Morgan fingerprint density at radius 2 is 2.20 bits per heavy atom. The Kier molecular flexibility index (Phi) is 3.98. The van der Waals surface area contributed by atoms with Crippen molar-refractivity contribution in [3.05, 3.63) is 12.2 Å². The summed E-state index contributed by atoms with van der Waals surface area (Å²) in [5, 5.41) is 6.76. The van der Waals surface area contributed by atoms with E-state index in [4.69, 9.17) is 4.74 Å². The van der Waals surface area contributed by atoms with Crippen molar-refractivity contribution in [2.24, 2.45) is 5.92 Å². The molecule has 1 N–H and O–H groups in total. The first-order valence-corrected chi connectivity index (χ1v) is 7.19. The van der Waals surface area contributed by atoms with Crippen LogP contribution >= 0.6 is 0 Å². The lowest BCUT2D eigenvalue weighted by Gasteiger charge is -2.38. The second-order valence-corrected chi connectivity index (χ2v) is 5.76. The number of alkyl halides is 2. The van der Waals surface area contributed by atoms with Crippen LogP contribution in [-0.4, -0.2) is 52.3 Å². The molecule has 0 bridgehead atoms. The Balaban J connectivity index is 1.60.